The van der Waals surface area contributed by atoms with E-state index in [0.29, 0.717) is 5.56 Å². The zero-order valence-corrected chi connectivity index (χ0v) is 12.3. The first-order valence-corrected chi connectivity index (χ1v) is 7.80. The average molecular weight is 287 g/mol. The zero-order valence-electron chi connectivity index (χ0n) is 11.5. The molecule has 0 fully saturated rings. The van der Waals surface area contributed by atoms with Gasteiger partial charge < -0.3 is 5.73 Å². The lowest BCUT2D eigenvalue weighted by Crippen LogP contribution is -2.08. The van der Waals surface area contributed by atoms with E-state index in [1.54, 1.807) is 17.8 Å². The Morgan fingerprint density at radius 2 is 1.95 bits per heavy atom. The second-order valence-electron chi connectivity index (χ2n) is 5.33. The van der Waals surface area contributed by atoms with Crippen LogP contribution in [0.15, 0.2) is 46.2 Å². The van der Waals surface area contributed by atoms with E-state index in [0.717, 1.165) is 16.2 Å². The summed E-state index contributed by atoms with van der Waals surface area (Å²) >= 11 is 1.60. The predicted octanol–water partition coefficient (Wildman–Crippen LogP) is 4.49. The van der Waals surface area contributed by atoms with Gasteiger partial charge in [-0.05, 0) is 61.6 Å². The molecule has 0 aliphatic heterocycles. The molecule has 3 heteroatoms. The third kappa shape index (κ3) is 2.60. The number of hydrogen-bond donors (Lipinski definition) is 1. The van der Waals surface area contributed by atoms with Gasteiger partial charge in [-0.1, -0.05) is 23.9 Å². The van der Waals surface area contributed by atoms with E-state index in [2.05, 4.69) is 18.2 Å². The van der Waals surface area contributed by atoms with Gasteiger partial charge in [0.15, 0.2) is 0 Å². The van der Waals surface area contributed by atoms with Crippen LogP contribution in [0.25, 0.3) is 0 Å². The molecule has 2 aromatic carbocycles. The Hall–Kier alpha value is -1.32. The molecule has 2 N–H and O–H groups in total. The quantitative estimate of drug-likeness (QED) is 0.900. The zero-order chi connectivity index (χ0) is 14.1. The Balaban J connectivity index is 1.93. The molecule has 0 spiro atoms. The van der Waals surface area contributed by atoms with Gasteiger partial charge in [0.2, 0.25) is 0 Å². The lowest BCUT2D eigenvalue weighted by molar-refractivity contribution is 0.585. The summed E-state index contributed by atoms with van der Waals surface area (Å²) in [6.07, 6.45) is 3.59. The van der Waals surface area contributed by atoms with E-state index in [9.17, 15) is 4.39 Å². The van der Waals surface area contributed by atoms with Crippen molar-refractivity contribution in [2.75, 3.05) is 0 Å². The lowest BCUT2D eigenvalue weighted by atomic mass is 10.1. The van der Waals surface area contributed by atoms with Gasteiger partial charge in [0.25, 0.3) is 0 Å². The highest BCUT2D eigenvalue weighted by Crippen LogP contribution is 2.36. The summed E-state index contributed by atoms with van der Waals surface area (Å²) in [4.78, 5) is 2.08. The molecule has 0 saturated heterocycles. The lowest BCUT2D eigenvalue weighted by Gasteiger charge is -2.13. The molecule has 2 aromatic rings. The van der Waals surface area contributed by atoms with Gasteiger partial charge >= 0.3 is 0 Å². The minimum Gasteiger partial charge on any atom is -0.324 e. The van der Waals surface area contributed by atoms with E-state index < -0.39 is 0 Å². The van der Waals surface area contributed by atoms with Gasteiger partial charge in [-0.25, -0.2) is 4.39 Å². The number of nitrogens with two attached hydrogens (primary N) is 1. The molecular weight excluding hydrogens is 269 g/mol. The molecule has 1 unspecified atom stereocenters. The SMILES string of the molecule is CC(N)c1c(F)cccc1Sc1ccc2c(c1)CCC2. The fourth-order valence-corrected chi connectivity index (χ4v) is 3.92. The summed E-state index contributed by atoms with van der Waals surface area (Å²) in [5.41, 5.74) is 9.41. The van der Waals surface area contributed by atoms with Gasteiger partial charge in [0, 0.05) is 21.4 Å². The normalized spacial score (nSPS) is 15.2. The molecule has 0 heterocycles. The second-order valence-corrected chi connectivity index (χ2v) is 6.44. The first kappa shape index (κ1) is 13.7. The van der Waals surface area contributed by atoms with Crippen LogP contribution >= 0.6 is 11.8 Å². The minimum absolute atomic E-state index is 0.217. The van der Waals surface area contributed by atoms with Crippen LogP contribution in [0.3, 0.4) is 0 Å². The van der Waals surface area contributed by atoms with Crippen LogP contribution in [0.2, 0.25) is 0 Å². The van der Waals surface area contributed by atoms with Crippen molar-refractivity contribution in [3.63, 3.8) is 0 Å². The standard InChI is InChI=1S/C17H18FNS/c1-11(19)17-15(18)6-3-7-16(17)20-14-9-8-12-4-2-5-13(12)10-14/h3,6-11H,2,4-5,19H2,1H3. The van der Waals surface area contributed by atoms with E-state index in [1.165, 1.54) is 30.0 Å². The van der Waals surface area contributed by atoms with Gasteiger partial charge in [-0.2, -0.15) is 0 Å². The van der Waals surface area contributed by atoms with Crippen molar-refractivity contribution in [3.05, 3.63) is 58.9 Å². The van der Waals surface area contributed by atoms with Crippen LogP contribution in [0.1, 0.15) is 36.1 Å². The van der Waals surface area contributed by atoms with Crippen LogP contribution in [0.5, 0.6) is 0 Å². The van der Waals surface area contributed by atoms with Crippen LogP contribution in [-0.2, 0) is 12.8 Å². The smallest absolute Gasteiger partial charge is 0.129 e. The van der Waals surface area contributed by atoms with Crippen molar-refractivity contribution in [3.8, 4) is 0 Å². The summed E-state index contributed by atoms with van der Waals surface area (Å²) in [5.74, 6) is -0.217. The molecule has 1 aliphatic rings. The molecule has 1 aliphatic carbocycles. The van der Waals surface area contributed by atoms with Gasteiger partial charge in [0.1, 0.15) is 5.82 Å². The van der Waals surface area contributed by atoms with Crippen LogP contribution in [0.4, 0.5) is 4.39 Å². The Morgan fingerprint density at radius 3 is 2.75 bits per heavy atom. The van der Waals surface area contributed by atoms with Crippen molar-refractivity contribution < 1.29 is 4.39 Å². The Morgan fingerprint density at radius 1 is 1.15 bits per heavy atom. The van der Waals surface area contributed by atoms with Gasteiger partial charge in [0.05, 0.1) is 0 Å². The maximum atomic E-state index is 13.9. The largest absolute Gasteiger partial charge is 0.324 e. The Kier molecular flexibility index (Phi) is 3.81. The molecule has 0 amide bonds. The van der Waals surface area contributed by atoms with Crippen molar-refractivity contribution in [1.29, 1.82) is 0 Å². The van der Waals surface area contributed by atoms with E-state index in [1.807, 2.05) is 13.0 Å². The van der Waals surface area contributed by atoms with Crippen LogP contribution in [-0.4, -0.2) is 0 Å². The summed E-state index contributed by atoms with van der Waals surface area (Å²) in [7, 11) is 0. The fourth-order valence-electron chi connectivity index (χ4n) is 2.79. The first-order chi connectivity index (χ1) is 9.65. The third-order valence-corrected chi connectivity index (χ3v) is 4.83. The number of fused-ring (bicyclic) bond motifs is 1. The summed E-state index contributed by atoms with van der Waals surface area (Å²) < 4.78 is 13.9. The summed E-state index contributed by atoms with van der Waals surface area (Å²) in [6.45, 7) is 1.82. The molecule has 3 rings (SSSR count). The van der Waals surface area contributed by atoms with Crippen LogP contribution < -0.4 is 5.73 Å². The number of aryl methyl sites for hydroxylation is 2. The van der Waals surface area contributed by atoms with E-state index >= 15 is 0 Å². The Bertz CT molecular complexity index is 637. The molecule has 104 valence electrons. The molecule has 20 heavy (non-hydrogen) atoms. The number of hydrogen-bond acceptors (Lipinski definition) is 2. The topological polar surface area (TPSA) is 26.0 Å². The summed E-state index contributed by atoms with van der Waals surface area (Å²) in [6, 6.07) is 11.4. The third-order valence-electron chi connectivity index (χ3n) is 3.77. The molecule has 0 aromatic heterocycles. The number of rotatable bonds is 3. The maximum absolute atomic E-state index is 13.9. The highest BCUT2D eigenvalue weighted by molar-refractivity contribution is 7.99. The molecule has 1 atom stereocenters. The molecule has 0 saturated carbocycles. The maximum Gasteiger partial charge on any atom is 0.129 e. The number of halogens is 1. The highest BCUT2D eigenvalue weighted by Gasteiger charge is 2.15. The monoisotopic (exact) mass is 287 g/mol. The fraction of sp³-hybridized carbons (Fsp3) is 0.294. The van der Waals surface area contributed by atoms with E-state index in [4.69, 9.17) is 5.73 Å². The molecule has 1 nitrogen and oxygen atoms in total. The van der Waals surface area contributed by atoms with Crippen LogP contribution in [0, 0.1) is 5.82 Å². The van der Waals surface area contributed by atoms with Gasteiger partial charge in [-0.15, -0.1) is 0 Å². The first-order valence-electron chi connectivity index (χ1n) is 6.99. The van der Waals surface area contributed by atoms with Crippen molar-refractivity contribution >= 4 is 11.8 Å². The number of benzene rings is 2. The predicted molar refractivity (Wildman–Crippen MR) is 81.6 cm³/mol. The summed E-state index contributed by atoms with van der Waals surface area (Å²) in [5, 5.41) is 0. The van der Waals surface area contributed by atoms with Crippen molar-refractivity contribution in [2.24, 2.45) is 5.73 Å². The molecular formula is C17H18FNS. The molecule has 0 radical (unpaired) electrons. The average Bonchev–Trinajstić information content (AvgIpc) is 2.85. The Labute approximate surface area is 123 Å². The second kappa shape index (κ2) is 5.58. The van der Waals surface area contributed by atoms with Crippen molar-refractivity contribution in [2.45, 2.75) is 42.0 Å². The minimum atomic E-state index is -0.298. The van der Waals surface area contributed by atoms with Crippen molar-refractivity contribution in [1.82, 2.24) is 0 Å². The van der Waals surface area contributed by atoms with Gasteiger partial charge in [-0.3, -0.25) is 0 Å². The molecule has 0 bridgehead atoms. The highest BCUT2D eigenvalue weighted by atomic mass is 32.2. The van der Waals surface area contributed by atoms with E-state index in [-0.39, 0.29) is 11.9 Å².